The molecule has 0 aromatic heterocycles. The van der Waals surface area contributed by atoms with Crippen molar-refractivity contribution in [1.29, 1.82) is 0 Å². The molecule has 0 saturated carbocycles. The van der Waals surface area contributed by atoms with E-state index >= 15 is 0 Å². The van der Waals surface area contributed by atoms with Gasteiger partial charge in [0.25, 0.3) is 5.91 Å². The average molecular weight is 583 g/mol. The Morgan fingerprint density at radius 1 is 1.00 bits per heavy atom. The molecule has 3 amide bonds. The standard InChI is InChI=1S/C29H31ClN4O5S/c1-19(28(36)33-14-12-24(18-33)31-27(35)20-6-4-3-5-7-20)34-15-13-26(29(34)37)32(2)40(38,39)25-11-9-21-16-23(30)10-8-22(21)17-25/h3-11,16-17,19,24,26H,12-15,18H2,1-2H3,(H,31,35). The number of sulfonamides is 1. The minimum absolute atomic E-state index is 0.0841. The van der Waals surface area contributed by atoms with Crippen molar-refractivity contribution in [3.05, 3.63) is 77.3 Å². The van der Waals surface area contributed by atoms with Gasteiger partial charge < -0.3 is 15.1 Å². The molecule has 2 heterocycles. The Kier molecular flexibility index (Phi) is 7.85. The molecule has 3 aromatic carbocycles. The van der Waals surface area contributed by atoms with Gasteiger partial charge in [-0.2, -0.15) is 4.31 Å². The van der Waals surface area contributed by atoms with Gasteiger partial charge in [-0.05, 0) is 66.9 Å². The number of carbonyl (C=O) groups is 3. The molecule has 2 aliphatic rings. The van der Waals surface area contributed by atoms with Crippen LogP contribution in [-0.4, -0.2) is 85.1 Å². The van der Waals surface area contributed by atoms with E-state index in [1.165, 1.54) is 18.0 Å². The second kappa shape index (κ2) is 11.2. The normalized spacial score (nSPS) is 20.4. The van der Waals surface area contributed by atoms with Gasteiger partial charge in [0, 0.05) is 43.3 Å². The maximum absolute atomic E-state index is 13.4. The number of amides is 3. The van der Waals surface area contributed by atoms with Gasteiger partial charge in [0.15, 0.2) is 0 Å². The van der Waals surface area contributed by atoms with Gasteiger partial charge in [-0.15, -0.1) is 0 Å². The summed E-state index contributed by atoms with van der Waals surface area (Å²) < 4.78 is 28.0. The van der Waals surface area contributed by atoms with E-state index in [0.717, 1.165) is 15.1 Å². The Morgan fingerprint density at radius 3 is 2.45 bits per heavy atom. The van der Waals surface area contributed by atoms with E-state index in [1.54, 1.807) is 66.4 Å². The van der Waals surface area contributed by atoms with E-state index in [9.17, 15) is 22.8 Å². The molecule has 3 aromatic rings. The third-order valence-electron chi connectivity index (χ3n) is 7.80. The number of rotatable bonds is 7. The van der Waals surface area contributed by atoms with Crippen LogP contribution < -0.4 is 5.32 Å². The van der Waals surface area contributed by atoms with Gasteiger partial charge in [0.05, 0.1) is 4.90 Å². The highest BCUT2D eigenvalue weighted by Gasteiger charge is 2.44. The zero-order chi connectivity index (χ0) is 28.6. The van der Waals surface area contributed by atoms with Gasteiger partial charge in [-0.25, -0.2) is 8.42 Å². The highest BCUT2D eigenvalue weighted by atomic mass is 35.5. The molecule has 3 atom stereocenters. The summed E-state index contributed by atoms with van der Waals surface area (Å²) in [5.41, 5.74) is 0.557. The number of carbonyl (C=O) groups excluding carboxylic acids is 3. The second-order valence-corrected chi connectivity index (χ2v) is 12.7. The van der Waals surface area contributed by atoms with Crippen LogP contribution in [0.25, 0.3) is 10.8 Å². The van der Waals surface area contributed by atoms with E-state index in [1.807, 2.05) is 6.07 Å². The van der Waals surface area contributed by atoms with E-state index in [0.29, 0.717) is 30.1 Å². The third-order valence-corrected chi connectivity index (χ3v) is 9.89. The molecule has 9 nitrogen and oxygen atoms in total. The maximum Gasteiger partial charge on any atom is 0.251 e. The van der Waals surface area contributed by atoms with E-state index < -0.39 is 28.0 Å². The van der Waals surface area contributed by atoms with Crippen molar-refractivity contribution >= 4 is 50.1 Å². The fourth-order valence-electron chi connectivity index (χ4n) is 5.43. The number of benzene rings is 3. The number of hydrogen-bond acceptors (Lipinski definition) is 5. The van der Waals surface area contributed by atoms with Gasteiger partial charge >= 0.3 is 0 Å². The van der Waals surface area contributed by atoms with Crippen LogP contribution in [0.3, 0.4) is 0 Å². The summed E-state index contributed by atoms with van der Waals surface area (Å²) in [5.74, 6) is -0.804. The molecule has 0 bridgehead atoms. The van der Waals surface area contributed by atoms with Crippen molar-refractivity contribution in [2.75, 3.05) is 26.7 Å². The average Bonchev–Trinajstić information content (AvgIpc) is 3.58. The second-order valence-electron chi connectivity index (χ2n) is 10.3. The van der Waals surface area contributed by atoms with Crippen molar-refractivity contribution in [2.45, 2.75) is 42.8 Å². The van der Waals surface area contributed by atoms with Crippen LogP contribution in [-0.2, 0) is 19.6 Å². The molecule has 210 valence electrons. The number of likely N-dealkylation sites (N-methyl/N-ethyl adjacent to an activating group) is 1. The summed E-state index contributed by atoms with van der Waals surface area (Å²) in [6.07, 6.45) is 0.900. The topological polar surface area (TPSA) is 107 Å². The Labute approximate surface area is 238 Å². The lowest BCUT2D eigenvalue weighted by Gasteiger charge is -2.29. The minimum Gasteiger partial charge on any atom is -0.347 e. The summed E-state index contributed by atoms with van der Waals surface area (Å²) >= 11 is 6.04. The molecule has 11 heteroatoms. The number of nitrogens with zero attached hydrogens (tertiary/aromatic N) is 3. The van der Waals surface area contributed by atoms with Crippen LogP contribution in [0.5, 0.6) is 0 Å². The van der Waals surface area contributed by atoms with Crippen LogP contribution in [0.4, 0.5) is 0 Å². The molecular formula is C29H31ClN4O5S. The Balaban J connectivity index is 1.22. The SMILES string of the molecule is CC(C(=O)N1CCC(NC(=O)c2ccccc2)C1)N1CCC(N(C)S(=O)(=O)c2ccc3cc(Cl)ccc3c2)C1=O. The minimum atomic E-state index is -3.97. The van der Waals surface area contributed by atoms with Crippen LogP contribution in [0, 0.1) is 0 Å². The fraction of sp³-hybridized carbons (Fsp3) is 0.345. The Morgan fingerprint density at radius 2 is 1.70 bits per heavy atom. The smallest absolute Gasteiger partial charge is 0.251 e. The number of likely N-dealkylation sites (tertiary alicyclic amines) is 2. The van der Waals surface area contributed by atoms with Crippen molar-refractivity contribution in [3.63, 3.8) is 0 Å². The van der Waals surface area contributed by atoms with Crippen LogP contribution in [0.2, 0.25) is 5.02 Å². The molecule has 5 rings (SSSR count). The molecule has 2 fully saturated rings. The van der Waals surface area contributed by atoms with Crippen LogP contribution in [0.15, 0.2) is 71.6 Å². The summed E-state index contributed by atoms with van der Waals surface area (Å²) in [6.45, 7) is 2.76. The summed E-state index contributed by atoms with van der Waals surface area (Å²) in [4.78, 5) is 42.4. The zero-order valence-electron chi connectivity index (χ0n) is 22.3. The largest absolute Gasteiger partial charge is 0.347 e. The van der Waals surface area contributed by atoms with Crippen molar-refractivity contribution in [3.8, 4) is 0 Å². The predicted octanol–water partition coefficient (Wildman–Crippen LogP) is 3.13. The van der Waals surface area contributed by atoms with E-state index in [2.05, 4.69) is 5.32 Å². The van der Waals surface area contributed by atoms with Crippen LogP contribution in [0.1, 0.15) is 30.1 Å². The first kappa shape index (κ1) is 28.1. The third kappa shape index (κ3) is 5.43. The molecular weight excluding hydrogens is 552 g/mol. The summed E-state index contributed by atoms with van der Waals surface area (Å²) in [7, 11) is -2.56. The molecule has 3 unspecified atom stereocenters. The number of nitrogens with one attached hydrogen (secondary N) is 1. The lowest BCUT2D eigenvalue weighted by atomic mass is 10.1. The number of fused-ring (bicyclic) bond motifs is 1. The number of hydrogen-bond donors (Lipinski definition) is 1. The first-order chi connectivity index (χ1) is 19.1. The Hall–Kier alpha value is -3.47. The molecule has 2 aliphatic heterocycles. The highest BCUT2D eigenvalue weighted by Crippen LogP contribution is 2.28. The van der Waals surface area contributed by atoms with Gasteiger partial charge in [-0.1, -0.05) is 41.9 Å². The number of halogens is 1. The first-order valence-electron chi connectivity index (χ1n) is 13.2. The van der Waals surface area contributed by atoms with Crippen molar-refractivity contribution in [2.24, 2.45) is 0 Å². The van der Waals surface area contributed by atoms with Crippen molar-refractivity contribution < 1.29 is 22.8 Å². The Bertz CT molecular complexity index is 1570. The van der Waals surface area contributed by atoms with Gasteiger partial charge in [0.1, 0.15) is 12.1 Å². The van der Waals surface area contributed by atoms with Crippen molar-refractivity contribution in [1.82, 2.24) is 19.4 Å². The monoisotopic (exact) mass is 582 g/mol. The van der Waals surface area contributed by atoms with E-state index in [4.69, 9.17) is 11.6 Å². The van der Waals surface area contributed by atoms with Gasteiger partial charge in [-0.3, -0.25) is 14.4 Å². The van der Waals surface area contributed by atoms with E-state index in [-0.39, 0.29) is 35.7 Å². The summed E-state index contributed by atoms with van der Waals surface area (Å²) in [6, 6.07) is 17.0. The lowest BCUT2D eigenvalue weighted by Crippen LogP contribution is -2.50. The fourth-order valence-corrected chi connectivity index (χ4v) is 6.99. The summed E-state index contributed by atoms with van der Waals surface area (Å²) in [5, 5.41) is 5.07. The first-order valence-corrected chi connectivity index (χ1v) is 15.0. The zero-order valence-corrected chi connectivity index (χ0v) is 23.9. The van der Waals surface area contributed by atoms with Crippen LogP contribution >= 0.6 is 11.6 Å². The molecule has 0 spiro atoms. The predicted molar refractivity (Wildman–Crippen MR) is 152 cm³/mol. The quantitative estimate of drug-likeness (QED) is 0.461. The highest BCUT2D eigenvalue weighted by molar-refractivity contribution is 7.89. The molecule has 2 saturated heterocycles. The molecule has 1 N–H and O–H groups in total. The molecule has 0 aliphatic carbocycles. The van der Waals surface area contributed by atoms with Gasteiger partial charge in [0.2, 0.25) is 21.8 Å². The molecule has 40 heavy (non-hydrogen) atoms. The maximum atomic E-state index is 13.4. The lowest BCUT2D eigenvalue weighted by molar-refractivity contribution is -0.143. The molecule has 0 radical (unpaired) electrons.